The lowest BCUT2D eigenvalue weighted by Gasteiger charge is -2.19. The summed E-state index contributed by atoms with van der Waals surface area (Å²) in [5.74, 6) is 0. The molecule has 1 aromatic carbocycles. The summed E-state index contributed by atoms with van der Waals surface area (Å²) in [6, 6.07) is 11.5. The van der Waals surface area contributed by atoms with Gasteiger partial charge in [0.25, 0.3) is 0 Å². The average Bonchev–Trinajstić information content (AvgIpc) is 2.27. The van der Waals surface area contributed by atoms with Crippen molar-refractivity contribution in [2.45, 2.75) is 38.8 Å². The molecule has 0 aliphatic carbocycles. The van der Waals surface area contributed by atoms with E-state index in [0.29, 0.717) is 12.1 Å². The van der Waals surface area contributed by atoms with E-state index in [4.69, 9.17) is 0 Å². The van der Waals surface area contributed by atoms with Crippen molar-refractivity contribution in [3.05, 3.63) is 48.6 Å². The normalized spacial score (nSPS) is 14.5. The molecule has 82 valence electrons. The van der Waals surface area contributed by atoms with Gasteiger partial charge in [0.15, 0.2) is 0 Å². The van der Waals surface area contributed by atoms with Crippen LogP contribution >= 0.6 is 0 Å². The third-order valence-corrected chi connectivity index (χ3v) is 2.64. The molecule has 0 heterocycles. The second kappa shape index (κ2) is 6.41. The Kier molecular flexibility index (Phi) is 5.13. The molecule has 1 aromatic rings. The van der Waals surface area contributed by atoms with Crippen molar-refractivity contribution in [2.24, 2.45) is 0 Å². The number of allylic oxidation sites excluding steroid dienone is 1. The lowest BCUT2D eigenvalue weighted by atomic mass is 10.1. The first-order valence-corrected chi connectivity index (χ1v) is 5.66. The molecule has 0 bridgehead atoms. The average molecular weight is 203 g/mol. The highest BCUT2D eigenvalue weighted by molar-refractivity contribution is 5.18. The number of benzene rings is 1. The van der Waals surface area contributed by atoms with Gasteiger partial charge >= 0.3 is 0 Å². The highest BCUT2D eigenvalue weighted by Crippen LogP contribution is 2.13. The Bertz CT molecular complexity index is 279. The van der Waals surface area contributed by atoms with E-state index in [0.717, 1.165) is 12.8 Å². The van der Waals surface area contributed by atoms with Crippen LogP contribution in [0.2, 0.25) is 0 Å². The maximum Gasteiger partial charge on any atom is 0.0294 e. The first-order valence-electron chi connectivity index (χ1n) is 5.66. The van der Waals surface area contributed by atoms with Crippen molar-refractivity contribution in [1.82, 2.24) is 5.32 Å². The Hall–Kier alpha value is -1.08. The third-order valence-electron chi connectivity index (χ3n) is 2.64. The second-order valence-electron chi connectivity index (χ2n) is 4.07. The van der Waals surface area contributed by atoms with Gasteiger partial charge in [-0.05, 0) is 32.3 Å². The molecule has 2 unspecified atom stereocenters. The van der Waals surface area contributed by atoms with E-state index in [9.17, 15) is 0 Å². The fourth-order valence-corrected chi connectivity index (χ4v) is 1.72. The second-order valence-corrected chi connectivity index (χ2v) is 4.07. The van der Waals surface area contributed by atoms with Crippen LogP contribution in [0.25, 0.3) is 0 Å². The van der Waals surface area contributed by atoms with Gasteiger partial charge in [-0.25, -0.2) is 0 Å². The van der Waals surface area contributed by atoms with Crippen molar-refractivity contribution < 1.29 is 0 Å². The summed E-state index contributed by atoms with van der Waals surface area (Å²) < 4.78 is 0. The molecular weight excluding hydrogens is 182 g/mol. The Morgan fingerprint density at radius 2 is 1.93 bits per heavy atom. The van der Waals surface area contributed by atoms with Gasteiger partial charge in [-0.1, -0.05) is 36.4 Å². The Balaban J connectivity index is 2.41. The maximum absolute atomic E-state index is 3.74. The van der Waals surface area contributed by atoms with Crippen LogP contribution in [-0.4, -0.2) is 6.04 Å². The van der Waals surface area contributed by atoms with Crippen LogP contribution in [0.5, 0.6) is 0 Å². The Morgan fingerprint density at radius 1 is 1.27 bits per heavy atom. The van der Waals surface area contributed by atoms with Crippen LogP contribution in [0.3, 0.4) is 0 Å². The smallest absolute Gasteiger partial charge is 0.0294 e. The SMILES string of the molecule is C=CCCC(C)NC(C)c1ccccc1. The molecule has 2 atom stereocenters. The minimum Gasteiger partial charge on any atom is -0.308 e. The lowest BCUT2D eigenvalue weighted by molar-refractivity contribution is 0.459. The van der Waals surface area contributed by atoms with Crippen LogP contribution < -0.4 is 5.32 Å². The minimum absolute atomic E-state index is 0.422. The molecule has 0 amide bonds. The zero-order valence-corrected chi connectivity index (χ0v) is 9.74. The zero-order chi connectivity index (χ0) is 11.1. The third kappa shape index (κ3) is 4.30. The van der Waals surface area contributed by atoms with Crippen LogP contribution in [0.15, 0.2) is 43.0 Å². The number of hydrogen-bond donors (Lipinski definition) is 1. The molecule has 0 aliphatic heterocycles. The topological polar surface area (TPSA) is 12.0 Å². The molecular formula is C14H21N. The molecule has 0 aromatic heterocycles. The molecule has 1 rings (SSSR count). The fourth-order valence-electron chi connectivity index (χ4n) is 1.72. The molecule has 1 heteroatoms. The first-order chi connectivity index (χ1) is 7.24. The summed E-state index contributed by atoms with van der Waals surface area (Å²) in [5, 5.41) is 3.58. The van der Waals surface area contributed by atoms with Crippen LogP contribution in [-0.2, 0) is 0 Å². The molecule has 0 saturated carbocycles. The van der Waals surface area contributed by atoms with Gasteiger partial charge in [0.2, 0.25) is 0 Å². The quantitative estimate of drug-likeness (QED) is 0.695. The van der Waals surface area contributed by atoms with Gasteiger partial charge in [0, 0.05) is 12.1 Å². The standard InChI is InChI=1S/C14H21N/c1-4-5-9-12(2)15-13(3)14-10-7-6-8-11-14/h4,6-8,10-13,15H,1,5,9H2,2-3H3. The molecule has 1 nitrogen and oxygen atoms in total. The van der Waals surface area contributed by atoms with Gasteiger partial charge in [-0.15, -0.1) is 6.58 Å². The predicted molar refractivity (Wildman–Crippen MR) is 66.9 cm³/mol. The molecule has 15 heavy (non-hydrogen) atoms. The Morgan fingerprint density at radius 3 is 2.53 bits per heavy atom. The van der Waals surface area contributed by atoms with Gasteiger partial charge in [-0.2, -0.15) is 0 Å². The van der Waals surface area contributed by atoms with E-state index in [2.05, 4.69) is 56.1 Å². The molecule has 1 N–H and O–H groups in total. The monoisotopic (exact) mass is 203 g/mol. The van der Waals surface area contributed by atoms with Crippen LogP contribution in [0, 0.1) is 0 Å². The minimum atomic E-state index is 0.422. The molecule has 0 saturated heterocycles. The number of rotatable bonds is 6. The van der Waals surface area contributed by atoms with E-state index < -0.39 is 0 Å². The molecule has 0 fully saturated rings. The molecule has 0 spiro atoms. The van der Waals surface area contributed by atoms with Crippen LogP contribution in [0.4, 0.5) is 0 Å². The number of nitrogens with one attached hydrogen (secondary N) is 1. The van der Waals surface area contributed by atoms with E-state index in [-0.39, 0.29) is 0 Å². The van der Waals surface area contributed by atoms with E-state index in [1.807, 2.05) is 6.08 Å². The first kappa shape index (κ1) is 12.0. The summed E-state index contributed by atoms with van der Waals surface area (Å²) in [4.78, 5) is 0. The molecule has 0 aliphatic rings. The van der Waals surface area contributed by atoms with Crippen molar-refractivity contribution in [2.75, 3.05) is 0 Å². The van der Waals surface area contributed by atoms with Gasteiger partial charge < -0.3 is 5.32 Å². The van der Waals surface area contributed by atoms with Gasteiger partial charge in [0.05, 0.1) is 0 Å². The number of hydrogen-bond acceptors (Lipinski definition) is 1. The van der Waals surface area contributed by atoms with Crippen molar-refractivity contribution in [1.29, 1.82) is 0 Å². The summed E-state index contributed by atoms with van der Waals surface area (Å²) >= 11 is 0. The molecule has 0 radical (unpaired) electrons. The highest BCUT2D eigenvalue weighted by atomic mass is 14.9. The largest absolute Gasteiger partial charge is 0.308 e. The van der Waals surface area contributed by atoms with Crippen molar-refractivity contribution >= 4 is 0 Å². The summed E-state index contributed by atoms with van der Waals surface area (Å²) in [5.41, 5.74) is 1.35. The van der Waals surface area contributed by atoms with Gasteiger partial charge in [-0.3, -0.25) is 0 Å². The summed E-state index contributed by atoms with van der Waals surface area (Å²) in [7, 11) is 0. The zero-order valence-electron chi connectivity index (χ0n) is 9.74. The van der Waals surface area contributed by atoms with Crippen molar-refractivity contribution in [3.63, 3.8) is 0 Å². The summed E-state index contributed by atoms with van der Waals surface area (Å²) in [6.45, 7) is 8.18. The van der Waals surface area contributed by atoms with E-state index in [1.54, 1.807) is 0 Å². The maximum atomic E-state index is 3.74. The van der Waals surface area contributed by atoms with Gasteiger partial charge in [0.1, 0.15) is 0 Å². The fraction of sp³-hybridized carbons (Fsp3) is 0.429. The summed E-state index contributed by atoms with van der Waals surface area (Å²) in [6.07, 6.45) is 4.21. The van der Waals surface area contributed by atoms with Crippen LogP contribution in [0.1, 0.15) is 38.3 Å². The highest BCUT2D eigenvalue weighted by Gasteiger charge is 2.07. The van der Waals surface area contributed by atoms with E-state index >= 15 is 0 Å². The van der Waals surface area contributed by atoms with Crippen molar-refractivity contribution in [3.8, 4) is 0 Å². The predicted octanol–water partition coefficient (Wildman–Crippen LogP) is 3.69. The Labute approximate surface area is 93.2 Å². The van der Waals surface area contributed by atoms with E-state index in [1.165, 1.54) is 5.56 Å². The lowest BCUT2D eigenvalue weighted by Crippen LogP contribution is -2.28.